The van der Waals surface area contributed by atoms with Gasteiger partial charge in [0.2, 0.25) is 0 Å². The van der Waals surface area contributed by atoms with Crippen LogP contribution in [0, 0.1) is 0 Å². The molecular formula is C17H17N3O. The van der Waals surface area contributed by atoms with Gasteiger partial charge < -0.3 is 9.88 Å². The standard InChI is InChI=1S/C17H17N3O/c1-20-12-19-15-11-14(7-8-16(15)20)17(21)18-10-9-13-5-3-2-4-6-13/h2-8,11-12H,9-10H2,1H3,(H,18,21). The Kier molecular flexibility index (Phi) is 3.69. The van der Waals surface area contributed by atoms with Crippen molar-refractivity contribution in [3.8, 4) is 0 Å². The fourth-order valence-electron chi connectivity index (χ4n) is 2.34. The maximum Gasteiger partial charge on any atom is 0.251 e. The molecule has 4 heteroatoms. The summed E-state index contributed by atoms with van der Waals surface area (Å²) in [5.41, 5.74) is 3.73. The van der Waals surface area contributed by atoms with Crippen LogP contribution < -0.4 is 5.32 Å². The van der Waals surface area contributed by atoms with Gasteiger partial charge in [0.15, 0.2) is 0 Å². The lowest BCUT2D eigenvalue weighted by molar-refractivity contribution is 0.0954. The number of hydrogen-bond acceptors (Lipinski definition) is 2. The normalized spacial score (nSPS) is 10.7. The highest BCUT2D eigenvalue weighted by atomic mass is 16.1. The van der Waals surface area contributed by atoms with Gasteiger partial charge in [-0.1, -0.05) is 30.3 Å². The lowest BCUT2D eigenvalue weighted by Crippen LogP contribution is -2.25. The van der Waals surface area contributed by atoms with Crippen LogP contribution in [-0.2, 0) is 13.5 Å². The number of nitrogens with zero attached hydrogens (tertiary/aromatic N) is 2. The van der Waals surface area contributed by atoms with E-state index in [2.05, 4.69) is 22.4 Å². The molecule has 1 amide bonds. The second-order valence-corrected chi connectivity index (χ2v) is 5.05. The number of carbonyl (C=O) groups excluding carboxylic acids is 1. The molecular weight excluding hydrogens is 262 g/mol. The third kappa shape index (κ3) is 2.94. The van der Waals surface area contributed by atoms with E-state index in [4.69, 9.17) is 0 Å². The molecule has 0 aliphatic carbocycles. The molecule has 0 aliphatic heterocycles. The molecule has 0 bridgehead atoms. The third-order valence-corrected chi connectivity index (χ3v) is 3.53. The van der Waals surface area contributed by atoms with Crippen LogP contribution in [0.4, 0.5) is 0 Å². The lowest BCUT2D eigenvalue weighted by Gasteiger charge is -2.05. The van der Waals surface area contributed by atoms with Gasteiger partial charge >= 0.3 is 0 Å². The SMILES string of the molecule is Cn1cnc2cc(C(=O)NCCc3ccccc3)ccc21. The van der Waals surface area contributed by atoms with Crippen LogP contribution in [0.1, 0.15) is 15.9 Å². The van der Waals surface area contributed by atoms with Gasteiger partial charge in [-0.05, 0) is 30.2 Å². The maximum absolute atomic E-state index is 12.1. The zero-order chi connectivity index (χ0) is 14.7. The van der Waals surface area contributed by atoms with Crippen molar-refractivity contribution in [3.63, 3.8) is 0 Å². The van der Waals surface area contributed by atoms with Gasteiger partial charge in [-0.15, -0.1) is 0 Å². The first-order valence-electron chi connectivity index (χ1n) is 6.97. The van der Waals surface area contributed by atoms with Gasteiger partial charge in [0.25, 0.3) is 5.91 Å². The summed E-state index contributed by atoms with van der Waals surface area (Å²) in [6, 6.07) is 15.7. The number of nitrogens with one attached hydrogen (secondary N) is 1. The molecule has 106 valence electrons. The molecule has 0 spiro atoms. The Morgan fingerprint density at radius 1 is 1.19 bits per heavy atom. The number of rotatable bonds is 4. The van der Waals surface area contributed by atoms with Gasteiger partial charge in [-0.2, -0.15) is 0 Å². The van der Waals surface area contributed by atoms with E-state index in [1.54, 1.807) is 6.33 Å². The van der Waals surface area contributed by atoms with Crippen molar-refractivity contribution in [1.29, 1.82) is 0 Å². The van der Waals surface area contributed by atoms with Crippen LogP contribution >= 0.6 is 0 Å². The van der Waals surface area contributed by atoms with E-state index < -0.39 is 0 Å². The minimum Gasteiger partial charge on any atom is -0.352 e. The Morgan fingerprint density at radius 2 is 2.00 bits per heavy atom. The molecule has 1 heterocycles. The quantitative estimate of drug-likeness (QED) is 0.798. The molecule has 0 radical (unpaired) electrons. The summed E-state index contributed by atoms with van der Waals surface area (Å²) in [5.74, 6) is -0.0570. The van der Waals surface area contributed by atoms with Gasteiger partial charge in [-0.3, -0.25) is 4.79 Å². The first-order chi connectivity index (χ1) is 10.2. The van der Waals surface area contributed by atoms with Crippen LogP contribution in [0.5, 0.6) is 0 Å². The van der Waals surface area contributed by atoms with Crippen LogP contribution in [0.3, 0.4) is 0 Å². The monoisotopic (exact) mass is 279 g/mol. The van der Waals surface area contributed by atoms with Crippen molar-refractivity contribution in [3.05, 3.63) is 66.0 Å². The Balaban J connectivity index is 1.64. The molecule has 3 aromatic rings. The summed E-state index contributed by atoms with van der Waals surface area (Å²) < 4.78 is 1.94. The smallest absolute Gasteiger partial charge is 0.251 e. The van der Waals surface area contributed by atoms with E-state index in [1.165, 1.54) is 5.56 Å². The van der Waals surface area contributed by atoms with Gasteiger partial charge in [0.05, 0.1) is 17.4 Å². The minimum absolute atomic E-state index is 0.0570. The highest BCUT2D eigenvalue weighted by molar-refractivity contribution is 5.97. The van der Waals surface area contributed by atoms with Crippen LogP contribution in [0.2, 0.25) is 0 Å². The van der Waals surface area contributed by atoms with E-state index in [0.29, 0.717) is 12.1 Å². The second-order valence-electron chi connectivity index (χ2n) is 5.05. The Bertz CT molecular complexity index is 762. The van der Waals surface area contributed by atoms with Crippen LogP contribution in [-0.4, -0.2) is 22.0 Å². The number of hydrogen-bond donors (Lipinski definition) is 1. The molecule has 2 aromatic carbocycles. The van der Waals surface area contributed by atoms with E-state index >= 15 is 0 Å². The Morgan fingerprint density at radius 3 is 2.81 bits per heavy atom. The molecule has 0 saturated heterocycles. The maximum atomic E-state index is 12.1. The molecule has 0 unspecified atom stereocenters. The zero-order valence-corrected chi connectivity index (χ0v) is 11.9. The van der Waals surface area contributed by atoms with Gasteiger partial charge in [-0.25, -0.2) is 4.98 Å². The molecule has 4 nitrogen and oxygen atoms in total. The van der Waals surface area contributed by atoms with Gasteiger partial charge in [0, 0.05) is 19.2 Å². The molecule has 0 fully saturated rings. The van der Waals surface area contributed by atoms with E-state index in [-0.39, 0.29) is 5.91 Å². The van der Waals surface area contributed by atoms with Crippen LogP contribution in [0.15, 0.2) is 54.9 Å². The number of benzene rings is 2. The topological polar surface area (TPSA) is 46.9 Å². The summed E-state index contributed by atoms with van der Waals surface area (Å²) in [5, 5.41) is 2.95. The molecule has 0 atom stereocenters. The van der Waals surface area contributed by atoms with Crippen molar-refractivity contribution >= 4 is 16.9 Å². The number of aryl methyl sites for hydroxylation is 1. The third-order valence-electron chi connectivity index (χ3n) is 3.53. The highest BCUT2D eigenvalue weighted by Gasteiger charge is 2.07. The fourth-order valence-corrected chi connectivity index (χ4v) is 2.34. The van der Waals surface area contributed by atoms with Crippen molar-refractivity contribution in [1.82, 2.24) is 14.9 Å². The van der Waals surface area contributed by atoms with E-state index in [1.807, 2.05) is 48.0 Å². The highest BCUT2D eigenvalue weighted by Crippen LogP contribution is 2.13. The molecule has 1 N–H and O–H groups in total. The summed E-state index contributed by atoms with van der Waals surface area (Å²) in [7, 11) is 1.94. The zero-order valence-electron chi connectivity index (χ0n) is 11.9. The molecule has 0 aliphatic rings. The van der Waals surface area contributed by atoms with E-state index in [9.17, 15) is 4.79 Å². The summed E-state index contributed by atoms with van der Waals surface area (Å²) in [6.45, 7) is 0.628. The molecule has 0 saturated carbocycles. The fraction of sp³-hybridized carbons (Fsp3) is 0.176. The predicted octanol–water partition coefficient (Wildman–Crippen LogP) is 2.55. The average molecular weight is 279 g/mol. The summed E-state index contributed by atoms with van der Waals surface area (Å²) >= 11 is 0. The average Bonchev–Trinajstić information content (AvgIpc) is 2.89. The van der Waals surface area contributed by atoms with Crippen molar-refractivity contribution in [2.75, 3.05) is 6.54 Å². The van der Waals surface area contributed by atoms with Crippen molar-refractivity contribution in [2.24, 2.45) is 7.05 Å². The minimum atomic E-state index is -0.0570. The molecule has 1 aromatic heterocycles. The Labute approximate surface area is 123 Å². The number of amides is 1. The number of fused-ring (bicyclic) bond motifs is 1. The molecule has 21 heavy (non-hydrogen) atoms. The van der Waals surface area contributed by atoms with Crippen LogP contribution in [0.25, 0.3) is 11.0 Å². The summed E-state index contributed by atoms with van der Waals surface area (Å²) in [4.78, 5) is 16.4. The first kappa shape index (κ1) is 13.4. The first-order valence-corrected chi connectivity index (χ1v) is 6.97. The van der Waals surface area contributed by atoms with E-state index in [0.717, 1.165) is 17.5 Å². The van der Waals surface area contributed by atoms with Crippen molar-refractivity contribution < 1.29 is 4.79 Å². The second kappa shape index (κ2) is 5.79. The summed E-state index contributed by atoms with van der Waals surface area (Å²) in [6.07, 6.45) is 2.58. The predicted molar refractivity (Wildman–Crippen MR) is 83.2 cm³/mol. The number of carbonyl (C=O) groups is 1. The largest absolute Gasteiger partial charge is 0.352 e. The lowest BCUT2D eigenvalue weighted by atomic mass is 10.1. The number of aromatic nitrogens is 2. The Hall–Kier alpha value is -2.62. The van der Waals surface area contributed by atoms with Crippen molar-refractivity contribution in [2.45, 2.75) is 6.42 Å². The molecule has 3 rings (SSSR count). The van der Waals surface area contributed by atoms with Gasteiger partial charge in [0.1, 0.15) is 0 Å². The number of imidazole rings is 1.